The molecule has 226 valence electrons. The van der Waals surface area contributed by atoms with Gasteiger partial charge in [-0.2, -0.15) is 0 Å². The fourth-order valence-electron chi connectivity index (χ4n) is 6.22. The van der Waals surface area contributed by atoms with Crippen molar-refractivity contribution in [3.63, 3.8) is 0 Å². The summed E-state index contributed by atoms with van der Waals surface area (Å²) in [5, 5.41) is 0. The number of unbranched alkanes of at least 4 members (excludes halogenated alkanes) is 2. The molecule has 5 aromatic rings. The van der Waals surface area contributed by atoms with Crippen molar-refractivity contribution in [2.75, 3.05) is 0 Å². The number of aryl methyl sites for hydroxylation is 1. The van der Waals surface area contributed by atoms with E-state index < -0.39 is 0 Å². The average Bonchev–Trinajstić information content (AvgIpc) is 3.89. The molecular weight excluding hydrogens is 595 g/mol. The van der Waals surface area contributed by atoms with E-state index in [2.05, 4.69) is 123 Å². The Labute approximate surface area is 275 Å². The quantitative estimate of drug-likeness (QED) is 0.157. The van der Waals surface area contributed by atoms with Crippen LogP contribution in [-0.4, -0.2) is 9.97 Å². The van der Waals surface area contributed by atoms with Crippen molar-refractivity contribution < 1.29 is 16.5 Å². The minimum Gasteiger partial charge on any atom is -0.657 e. The summed E-state index contributed by atoms with van der Waals surface area (Å²) >= 11 is 0. The summed E-state index contributed by atoms with van der Waals surface area (Å²) in [4.78, 5) is 21.1. The first-order chi connectivity index (χ1) is 21.7. The molecule has 0 N–H and O–H groups in total. The van der Waals surface area contributed by atoms with Crippen LogP contribution in [0.3, 0.4) is 0 Å². The van der Waals surface area contributed by atoms with Gasteiger partial charge in [0.25, 0.3) is 0 Å². The first-order valence-corrected chi connectivity index (χ1v) is 15.9. The predicted octanol–water partition coefficient (Wildman–Crippen LogP) is 9.93. The van der Waals surface area contributed by atoms with Crippen LogP contribution < -0.4 is 9.97 Å². The molecule has 0 amide bonds. The molecule has 7 rings (SSSR count). The zero-order chi connectivity index (χ0) is 29.9. The third-order valence-electron chi connectivity index (χ3n) is 8.51. The van der Waals surface area contributed by atoms with E-state index in [9.17, 15) is 0 Å². The predicted molar refractivity (Wildman–Crippen MR) is 185 cm³/mol. The van der Waals surface area contributed by atoms with Gasteiger partial charge in [0, 0.05) is 5.56 Å². The van der Waals surface area contributed by atoms with E-state index in [0.717, 1.165) is 106 Å². The van der Waals surface area contributed by atoms with Gasteiger partial charge in [-0.3, -0.25) is 0 Å². The Bertz CT molecular complexity index is 1890. The Kier molecular flexibility index (Phi) is 9.28. The number of fused-ring (bicyclic) bond motifs is 8. The third kappa shape index (κ3) is 6.10. The van der Waals surface area contributed by atoms with Crippen LogP contribution in [0.5, 0.6) is 0 Å². The van der Waals surface area contributed by atoms with Crippen molar-refractivity contribution >= 4 is 46.4 Å². The second-order valence-electron chi connectivity index (χ2n) is 11.5. The van der Waals surface area contributed by atoms with Crippen LogP contribution in [0.4, 0.5) is 0 Å². The first kappa shape index (κ1) is 30.6. The fraction of sp³-hybridized carbons (Fsp3) is 0.200. The zero-order valence-electron chi connectivity index (χ0n) is 25.7. The zero-order valence-corrected chi connectivity index (χ0v) is 26.7. The maximum absolute atomic E-state index is 5.28. The molecule has 0 spiro atoms. The smallest absolute Gasteiger partial charge is 0.657 e. The summed E-state index contributed by atoms with van der Waals surface area (Å²) in [5.74, 6) is 0. The van der Waals surface area contributed by atoms with Crippen molar-refractivity contribution in [1.29, 1.82) is 0 Å². The van der Waals surface area contributed by atoms with Crippen LogP contribution in [-0.2, 0) is 29.3 Å². The van der Waals surface area contributed by atoms with E-state index in [1.54, 1.807) is 0 Å². The molecule has 8 bridgehead atoms. The molecule has 0 saturated heterocycles. The summed E-state index contributed by atoms with van der Waals surface area (Å²) in [6, 6.07) is 29.6. The van der Waals surface area contributed by atoms with Gasteiger partial charge < -0.3 is 9.97 Å². The Morgan fingerprint density at radius 1 is 0.467 bits per heavy atom. The molecule has 5 heterocycles. The Hall–Kier alpha value is -4.47. The molecule has 0 radical (unpaired) electrons. The van der Waals surface area contributed by atoms with Crippen LogP contribution in [0.25, 0.3) is 68.6 Å². The third-order valence-corrected chi connectivity index (χ3v) is 8.51. The fourth-order valence-corrected chi connectivity index (χ4v) is 6.22. The minimum atomic E-state index is 0. The number of aromatic nitrogens is 4. The van der Waals surface area contributed by atoms with Crippen LogP contribution >= 0.6 is 0 Å². The van der Waals surface area contributed by atoms with Crippen molar-refractivity contribution in [2.24, 2.45) is 0 Å². The van der Waals surface area contributed by atoms with Crippen molar-refractivity contribution in [3.8, 4) is 22.3 Å². The summed E-state index contributed by atoms with van der Waals surface area (Å²) in [7, 11) is 0. The average molecular weight is 631 g/mol. The van der Waals surface area contributed by atoms with Gasteiger partial charge in [0.05, 0.1) is 22.8 Å². The van der Waals surface area contributed by atoms with Crippen LogP contribution in [0.2, 0.25) is 0 Å². The Morgan fingerprint density at radius 2 is 0.867 bits per heavy atom. The first-order valence-electron chi connectivity index (χ1n) is 15.9. The monoisotopic (exact) mass is 630 g/mol. The van der Waals surface area contributed by atoms with Crippen molar-refractivity contribution in [3.05, 3.63) is 119 Å². The summed E-state index contributed by atoms with van der Waals surface area (Å²) in [6.07, 6.45) is 14.8. The van der Waals surface area contributed by atoms with Gasteiger partial charge in [0.15, 0.2) is 0 Å². The largest absolute Gasteiger partial charge is 2.00 e. The molecule has 0 aliphatic carbocycles. The van der Waals surface area contributed by atoms with Gasteiger partial charge in [0.2, 0.25) is 0 Å². The maximum atomic E-state index is 5.28. The molecule has 5 heteroatoms. The Morgan fingerprint density at radius 3 is 1.31 bits per heavy atom. The van der Waals surface area contributed by atoms with E-state index >= 15 is 0 Å². The molecule has 45 heavy (non-hydrogen) atoms. The van der Waals surface area contributed by atoms with E-state index in [4.69, 9.17) is 19.9 Å². The number of rotatable bonds is 8. The van der Waals surface area contributed by atoms with Crippen molar-refractivity contribution in [1.82, 2.24) is 19.9 Å². The molecule has 0 unspecified atom stereocenters. The molecule has 0 atom stereocenters. The maximum Gasteiger partial charge on any atom is 2.00 e. The van der Waals surface area contributed by atoms with E-state index in [0.29, 0.717) is 0 Å². The van der Waals surface area contributed by atoms with Gasteiger partial charge in [-0.05, 0) is 72.2 Å². The molecule has 2 aliphatic rings. The molecule has 2 aromatic carbocycles. The number of hydrogen-bond acceptors (Lipinski definition) is 2. The van der Waals surface area contributed by atoms with Crippen LogP contribution in [0.1, 0.15) is 73.4 Å². The normalized spacial score (nSPS) is 12.0. The summed E-state index contributed by atoms with van der Waals surface area (Å²) in [6.45, 7) is 4.46. The number of benzene rings is 2. The van der Waals surface area contributed by atoms with E-state index in [1.807, 2.05) is 0 Å². The molecule has 4 nitrogen and oxygen atoms in total. The molecule has 2 aliphatic heterocycles. The second kappa shape index (κ2) is 13.7. The minimum absolute atomic E-state index is 0. The van der Waals surface area contributed by atoms with Crippen molar-refractivity contribution in [2.45, 2.75) is 52.4 Å². The topological polar surface area (TPSA) is 54.0 Å². The van der Waals surface area contributed by atoms with Crippen LogP contribution in [0.15, 0.2) is 84.9 Å². The SMILES string of the molecule is CCCCc1c2nc(c(-c3ccccc3)c3ccc([n-]3)c(CCCC)c3ccc([n-]3)c(-c3ccccc3)c3nc1C=C3)C=C2.[Ni+2]. The van der Waals surface area contributed by atoms with Gasteiger partial charge in [0.1, 0.15) is 0 Å². The summed E-state index contributed by atoms with van der Waals surface area (Å²) in [5.41, 5.74) is 14.3. The van der Waals surface area contributed by atoms with E-state index in [1.165, 1.54) is 11.1 Å². The standard InChI is InChI=1S/C40H36N4.Ni/c1-3-5-17-29-31-19-23-35(41-31)39(27-13-9-7-10-14-27)37-25-21-33(43-37)30(18-6-4-2)34-22-26-38(44-34)40(28-15-11-8-12-16-28)36-24-20-32(29)42-36;/h7-16,19-26H,3-6,17-18H2,1-2H3;/q-2;+2. The molecular formula is C40H36N4Ni. The molecule has 0 fully saturated rings. The van der Waals surface area contributed by atoms with Gasteiger partial charge in [-0.25, -0.2) is 9.97 Å². The second-order valence-corrected chi connectivity index (χ2v) is 11.5. The van der Waals surface area contributed by atoms with Gasteiger partial charge in [-0.1, -0.05) is 117 Å². The molecule has 3 aromatic heterocycles. The van der Waals surface area contributed by atoms with Gasteiger partial charge in [-0.15, -0.1) is 22.1 Å². The van der Waals surface area contributed by atoms with Gasteiger partial charge >= 0.3 is 16.5 Å². The Balaban J connectivity index is 0.00000357. The molecule has 0 saturated carbocycles. The number of nitrogens with zero attached hydrogens (tertiary/aromatic N) is 4. The summed E-state index contributed by atoms with van der Waals surface area (Å²) < 4.78 is 0. The van der Waals surface area contributed by atoms with Crippen LogP contribution in [0, 0.1) is 0 Å². The number of hydrogen-bond donors (Lipinski definition) is 0. The van der Waals surface area contributed by atoms with E-state index in [-0.39, 0.29) is 16.5 Å².